The Morgan fingerprint density at radius 3 is 2.27 bits per heavy atom. The van der Waals surface area contributed by atoms with Crippen molar-refractivity contribution in [2.75, 3.05) is 27.4 Å². The predicted octanol–water partition coefficient (Wildman–Crippen LogP) is 6.03. The monoisotopic (exact) mass is 543 g/mol. The molecule has 7 heteroatoms. The Balaban J connectivity index is 1.76. The van der Waals surface area contributed by atoms with E-state index in [1.807, 2.05) is 66.7 Å². The van der Waals surface area contributed by atoms with Crippen LogP contribution >= 0.6 is 0 Å². The molecule has 3 aromatic carbocycles. The van der Waals surface area contributed by atoms with Crippen LogP contribution in [0.2, 0.25) is 0 Å². The number of Topliss-reactive ketones (excluding diaryl/α,β-unsaturated/α-hetero) is 1. The molecule has 0 bridgehead atoms. The zero-order valence-electron chi connectivity index (χ0n) is 23.8. The Labute approximate surface area is 236 Å². The van der Waals surface area contributed by atoms with Crippen LogP contribution in [-0.4, -0.2) is 49.1 Å². The van der Waals surface area contributed by atoms with Crippen molar-refractivity contribution in [2.24, 2.45) is 0 Å². The fraction of sp³-hybridized carbons (Fsp3) is 0.333. The molecule has 1 saturated heterocycles. The number of aliphatic hydroxyl groups excluding tert-OH is 1. The first kappa shape index (κ1) is 28.9. The fourth-order valence-corrected chi connectivity index (χ4v) is 4.83. The van der Waals surface area contributed by atoms with Crippen molar-refractivity contribution in [2.45, 2.75) is 45.3 Å². The van der Waals surface area contributed by atoms with Gasteiger partial charge in [-0.1, -0.05) is 69.3 Å². The number of rotatable bonds is 10. The third-order valence-corrected chi connectivity index (χ3v) is 7.05. The molecule has 4 rings (SSSR count). The molecular weight excluding hydrogens is 506 g/mol. The highest BCUT2D eigenvalue weighted by Crippen LogP contribution is 2.42. The Kier molecular flexibility index (Phi) is 8.95. The first-order chi connectivity index (χ1) is 19.2. The summed E-state index contributed by atoms with van der Waals surface area (Å²) in [5.41, 5.74) is 2.89. The van der Waals surface area contributed by atoms with Crippen molar-refractivity contribution in [3.05, 3.63) is 101 Å². The third-order valence-electron chi connectivity index (χ3n) is 7.05. The third kappa shape index (κ3) is 6.20. The summed E-state index contributed by atoms with van der Waals surface area (Å²) in [7, 11) is 3.10. The summed E-state index contributed by atoms with van der Waals surface area (Å²) in [6.07, 6.45) is 0.543. The van der Waals surface area contributed by atoms with E-state index in [1.54, 1.807) is 13.2 Å². The van der Waals surface area contributed by atoms with Gasteiger partial charge in [-0.15, -0.1) is 0 Å². The number of likely N-dealkylation sites (tertiary alicyclic amines) is 1. The quantitative estimate of drug-likeness (QED) is 0.145. The Morgan fingerprint density at radius 1 is 0.950 bits per heavy atom. The summed E-state index contributed by atoms with van der Waals surface area (Å²) in [4.78, 5) is 28.2. The molecule has 1 unspecified atom stereocenters. The molecule has 1 atom stereocenters. The van der Waals surface area contributed by atoms with Crippen LogP contribution < -0.4 is 9.47 Å². The summed E-state index contributed by atoms with van der Waals surface area (Å²) < 4.78 is 16.7. The van der Waals surface area contributed by atoms with E-state index in [0.717, 1.165) is 11.1 Å². The molecule has 210 valence electrons. The smallest absolute Gasteiger partial charge is 0.295 e. The number of hydrogen-bond donors (Lipinski definition) is 1. The van der Waals surface area contributed by atoms with E-state index >= 15 is 0 Å². The van der Waals surface area contributed by atoms with E-state index in [4.69, 9.17) is 14.2 Å². The fourth-order valence-electron chi connectivity index (χ4n) is 4.83. The number of hydrogen-bond acceptors (Lipinski definition) is 6. The lowest BCUT2D eigenvalue weighted by Gasteiger charge is -2.26. The largest absolute Gasteiger partial charge is 0.507 e. The van der Waals surface area contributed by atoms with Gasteiger partial charge in [0.25, 0.3) is 11.7 Å². The molecular formula is C33H37NO6. The predicted molar refractivity (Wildman–Crippen MR) is 154 cm³/mol. The van der Waals surface area contributed by atoms with Crippen LogP contribution in [0.15, 0.2) is 78.4 Å². The highest BCUT2D eigenvalue weighted by molar-refractivity contribution is 6.46. The number of aliphatic hydroxyl groups is 1. The van der Waals surface area contributed by atoms with E-state index in [1.165, 1.54) is 12.0 Å². The molecule has 1 amide bonds. The van der Waals surface area contributed by atoms with Gasteiger partial charge >= 0.3 is 0 Å². The number of ether oxygens (including phenoxy) is 3. The minimum absolute atomic E-state index is 0.0322. The zero-order chi connectivity index (χ0) is 28.9. The van der Waals surface area contributed by atoms with Gasteiger partial charge in [-0.05, 0) is 52.8 Å². The molecule has 3 aromatic rings. The summed E-state index contributed by atoms with van der Waals surface area (Å²) in [5.74, 6) is -0.571. The molecule has 7 nitrogen and oxygen atoms in total. The first-order valence-electron chi connectivity index (χ1n) is 13.4. The van der Waals surface area contributed by atoms with Gasteiger partial charge in [0.15, 0.2) is 0 Å². The summed E-state index contributed by atoms with van der Waals surface area (Å²) >= 11 is 0. The molecule has 1 aliphatic heterocycles. The second-order valence-electron chi connectivity index (χ2n) is 10.8. The van der Waals surface area contributed by atoms with Crippen LogP contribution in [0.5, 0.6) is 11.5 Å². The number of methoxy groups -OCH3 is 2. The average molecular weight is 544 g/mol. The van der Waals surface area contributed by atoms with Crippen LogP contribution in [0, 0.1) is 0 Å². The van der Waals surface area contributed by atoms with Crippen molar-refractivity contribution in [3.63, 3.8) is 0 Å². The summed E-state index contributed by atoms with van der Waals surface area (Å²) in [6, 6.07) is 21.9. The summed E-state index contributed by atoms with van der Waals surface area (Å²) in [5, 5.41) is 11.6. The lowest BCUT2D eigenvalue weighted by Crippen LogP contribution is -2.31. The normalized spacial score (nSPS) is 16.8. The number of nitrogens with zero attached hydrogens (tertiary/aromatic N) is 1. The lowest BCUT2D eigenvalue weighted by molar-refractivity contribution is -0.140. The number of ketones is 1. The molecule has 1 heterocycles. The maximum Gasteiger partial charge on any atom is 0.295 e. The van der Waals surface area contributed by atoms with Gasteiger partial charge in [0.1, 0.15) is 23.9 Å². The molecule has 1 N–H and O–H groups in total. The molecule has 0 saturated carbocycles. The lowest BCUT2D eigenvalue weighted by atomic mass is 9.85. The van der Waals surface area contributed by atoms with Crippen LogP contribution in [0.3, 0.4) is 0 Å². The van der Waals surface area contributed by atoms with Gasteiger partial charge in [-0.25, -0.2) is 0 Å². The van der Waals surface area contributed by atoms with Crippen LogP contribution in [0.1, 0.15) is 55.5 Å². The van der Waals surface area contributed by atoms with Gasteiger partial charge < -0.3 is 24.2 Å². The number of carbonyl (C=O) groups is 2. The molecule has 1 fully saturated rings. The number of carbonyl (C=O) groups excluding carboxylic acids is 2. The molecule has 0 spiro atoms. The van der Waals surface area contributed by atoms with E-state index in [2.05, 4.69) is 20.8 Å². The highest BCUT2D eigenvalue weighted by atomic mass is 16.5. The van der Waals surface area contributed by atoms with E-state index < -0.39 is 17.7 Å². The number of amides is 1. The minimum atomic E-state index is -0.775. The van der Waals surface area contributed by atoms with Crippen molar-refractivity contribution in [1.29, 1.82) is 0 Å². The van der Waals surface area contributed by atoms with E-state index in [9.17, 15) is 14.7 Å². The molecule has 0 aliphatic carbocycles. The highest BCUT2D eigenvalue weighted by Gasteiger charge is 2.46. The van der Waals surface area contributed by atoms with E-state index in [0.29, 0.717) is 48.8 Å². The van der Waals surface area contributed by atoms with E-state index in [-0.39, 0.29) is 16.7 Å². The van der Waals surface area contributed by atoms with Crippen LogP contribution in [0.25, 0.3) is 5.76 Å². The standard InChI is InChI=1S/C33H37NO6/c1-33(2,3)24-14-17-27(39-5)26(20-24)30(35)28-29(34(18-9-19-38-4)32(37)31(28)36)23-12-15-25(16-13-23)40-21-22-10-7-6-8-11-22/h6-8,10-17,20,29,35H,9,18-19,21H2,1-5H3/b30-28+. The SMILES string of the molecule is COCCCN1C(=O)C(=O)/C(=C(/O)c2cc(C(C)(C)C)ccc2OC)C1c1ccc(OCc2ccccc2)cc1. The maximum absolute atomic E-state index is 13.4. The molecule has 0 aromatic heterocycles. The Morgan fingerprint density at radius 2 is 1.65 bits per heavy atom. The van der Waals surface area contributed by atoms with Gasteiger partial charge in [0, 0.05) is 20.3 Å². The maximum atomic E-state index is 13.4. The van der Waals surface area contributed by atoms with Crippen LogP contribution in [-0.2, 0) is 26.3 Å². The van der Waals surface area contributed by atoms with Crippen LogP contribution in [0.4, 0.5) is 0 Å². The van der Waals surface area contributed by atoms with Crippen molar-refractivity contribution in [1.82, 2.24) is 4.90 Å². The second kappa shape index (κ2) is 12.4. The molecule has 0 radical (unpaired) electrons. The van der Waals surface area contributed by atoms with Crippen molar-refractivity contribution >= 4 is 17.4 Å². The van der Waals surface area contributed by atoms with Gasteiger partial charge in [-0.3, -0.25) is 9.59 Å². The zero-order valence-corrected chi connectivity index (χ0v) is 23.8. The topological polar surface area (TPSA) is 85.3 Å². The van der Waals surface area contributed by atoms with Crippen molar-refractivity contribution < 1.29 is 28.9 Å². The van der Waals surface area contributed by atoms with Gasteiger partial charge in [0.2, 0.25) is 0 Å². The number of benzene rings is 3. The molecule has 40 heavy (non-hydrogen) atoms. The van der Waals surface area contributed by atoms with Gasteiger partial charge in [0.05, 0.1) is 24.3 Å². The Hall–Kier alpha value is -4.10. The minimum Gasteiger partial charge on any atom is -0.507 e. The molecule has 1 aliphatic rings. The summed E-state index contributed by atoms with van der Waals surface area (Å²) in [6.45, 7) is 7.34. The first-order valence-corrected chi connectivity index (χ1v) is 13.4. The van der Waals surface area contributed by atoms with Crippen molar-refractivity contribution in [3.8, 4) is 11.5 Å². The average Bonchev–Trinajstić information content (AvgIpc) is 3.21. The Bertz CT molecular complexity index is 1370. The van der Waals surface area contributed by atoms with Gasteiger partial charge in [-0.2, -0.15) is 0 Å². The second-order valence-corrected chi connectivity index (χ2v) is 10.8.